The van der Waals surface area contributed by atoms with Gasteiger partial charge in [-0.2, -0.15) is 0 Å². The minimum Gasteiger partial charge on any atom is -0.507 e. The molecule has 204 valence electrons. The van der Waals surface area contributed by atoms with E-state index >= 15 is 0 Å². The van der Waals surface area contributed by atoms with Gasteiger partial charge in [-0.05, 0) is 73.5 Å². The minimum atomic E-state index is -0.942. The lowest BCUT2D eigenvalue weighted by atomic mass is 9.95. The van der Waals surface area contributed by atoms with Gasteiger partial charge in [0, 0.05) is 5.56 Å². The highest BCUT2D eigenvalue weighted by atomic mass is 16.5. The molecule has 0 bridgehead atoms. The number of likely N-dealkylation sites (tertiary alicyclic amines) is 1. The van der Waals surface area contributed by atoms with Crippen LogP contribution in [0.3, 0.4) is 0 Å². The van der Waals surface area contributed by atoms with Crippen molar-refractivity contribution in [2.75, 3.05) is 6.61 Å². The van der Waals surface area contributed by atoms with Crippen molar-refractivity contribution < 1.29 is 33.7 Å². The fourth-order valence-electron chi connectivity index (χ4n) is 4.77. The number of aryl methyl sites for hydroxylation is 1. The topological polar surface area (TPSA) is 109 Å². The van der Waals surface area contributed by atoms with Crippen molar-refractivity contribution in [3.63, 3.8) is 0 Å². The van der Waals surface area contributed by atoms with Crippen molar-refractivity contribution in [1.82, 2.24) is 4.90 Å². The first kappa shape index (κ1) is 26.6. The summed E-state index contributed by atoms with van der Waals surface area (Å²) in [6.45, 7) is 4.50. The van der Waals surface area contributed by atoms with Crippen molar-refractivity contribution >= 4 is 17.4 Å². The molecule has 1 saturated heterocycles. The predicted octanol–water partition coefficient (Wildman–Crippen LogP) is 5.89. The molecule has 1 amide bonds. The van der Waals surface area contributed by atoms with E-state index in [-0.39, 0.29) is 29.4 Å². The molecule has 0 spiro atoms. The molecule has 8 heteroatoms. The van der Waals surface area contributed by atoms with Gasteiger partial charge in [0.05, 0.1) is 31.0 Å². The van der Waals surface area contributed by atoms with Crippen LogP contribution in [-0.2, 0) is 22.7 Å². The first-order chi connectivity index (χ1) is 19.4. The Hall–Kier alpha value is -4.98. The Morgan fingerprint density at radius 2 is 1.77 bits per heavy atom. The SMILES string of the molecule is CCOc1cc([C@@H]2/C(=C(\O)c3ccc(OCc4cccc(C)c4)cc3)C(=O)C(=O)N2Cc2ccco2)ccc1O. The molecule has 0 saturated carbocycles. The van der Waals surface area contributed by atoms with Crippen LogP contribution in [0.1, 0.15) is 41.0 Å². The Morgan fingerprint density at radius 1 is 0.975 bits per heavy atom. The van der Waals surface area contributed by atoms with E-state index in [2.05, 4.69) is 0 Å². The van der Waals surface area contributed by atoms with Crippen molar-refractivity contribution in [2.24, 2.45) is 0 Å². The van der Waals surface area contributed by atoms with E-state index in [9.17, 15) is 19.8 Å². The third-order valence-corrected chi connectivity index (χ3v) is 6.66. The molecule has 2 heterocycles. The summed E-state index contributed by atoms with van der Waals surface area (Å²) < 4.78 is 16.9. The standard InChI is InChI=1S/C32H29NO7/c1-3-38-27-17-23(11-14-26(27)34)29-28(31(36)32(37)33(29)18-25-8-5-15-39-25)30(35)22-9-12-24(13-10-22)40-19-21-7-4-6-20(2)16-21/h4-17,29,34-35H,3,18-19H2,1-2H3/b30-28+/t29-/m1/s1. The lowest BCUT2D eigenvalue weighted by Crippen LogP contribution is -2.29. The molecule has 0 radical (unpaired) electrons. The van der Waals surface area contributed by atoms with Gasteiger partial charge in [-0.15, -0.1) is 0 Å². The molecule has 5 rings (SSSR count). The minimum absolute atomic E-state index is 0.00953. The summed E-state index contributed by atoms with van der Waals surface area (Å²) in [5.74, 6) is -0.708. The van der Waals surface area contributed by atoms with Gasteiger partial charge < -0.3 is 29.0 Å². The van der Waals surface area contributed by atoms with Crippen molar-refractivity contribution in [1.29, 1.82) is 0 Å². The lowest BCUT2D eigenvalue weighted by Gasteiger charge is -2.25. The molecule has 1 aliphatic heterocycles. The average Bonchev–Trinajstić information content (AvgIpc) is 3.56. The fraction of sp³-hybridized carbons (Fsp3) is 0.188. The molecule has 40 heavy (non-hydrogen) atoms. The second-order valence-electron chi connectivity index (χ2n) is 9.47. The van der Waals surface area contributed by atoms with Crippen LogP contribution in [0.5, 0.6) is 17.2 Å². The van der Waals surface area contributed by atoms with E-state index in [0.29, 0.717) is 35.9 Å². The Balaban J connectivity index is 1.50. The normalized spacial score (nSPS) is 16.4. The first-order valence-electron chi connectivity index (χ1n) is 12.9. The van der Waals surface area contributed by atoms with Crippen molar-refractivity contribution in [2.45, 2.75) is 33.0 Å². The van der Waals surface area contributed by atoms with Gasteiger partial charge in [-0.3, -0.25) is 9.59 Å². The van der Waals surface area contributed by atoms with Crippen molar-refractivity contribution in [3.8, 4) is 17.2 Å². The molecule has 1 aromatic heterocycles. The summed E-state index contributed by atoms with van der Waals surface area (Å²) >= 11 is 0. The number of carbonyl (C=O) groups excluding carboxylic acids is 2. The van der Waals surface area contributed by atoms with E-state index in [0.717, 1.165) is 11.1 Å². The van der Waals surface area contributed by atoms with Crippen LogP contribution in [0.4, 0.5) is 0 Å². The van der Waals surface area contributed by atoms with Crippen molar-refractivity contribution in [3.05, 3.63) is 119 Å². The zero-order chi connectivity index (χ0) is 28.2. The molecule has 0 aliphatic carbocycles. The maximum atomic E-state index is 13.3. The Morgan fingerprint density at radius 3 is 2.48 bits per heavy atom. The fourth-order valence-corrected chi connectivity index (χ4v) is 4.77. The number of amides is 1. The molecule has 0 unspecified atom stereocenters. The molecular formula is C32H29NO7. The number of ketones is 1. The Bertz CT molecular complexity index is 1550. The van der Waals surface area contributed by atoms with Gasteiger partial charge in [0.2, 0.25) is 0 Å². The number of benzene rings is 3. The van der Waals surface area contributed by atoms with E-state index < -0.39 is 17.7 Å². The number of aliphatic hydroxyl groups is 1. The Kier molecular flexibility index (Phi) is 7.59. The number of ether oxygens (including phenoxy) is 2. The van der Waals surface area contributed by atoms with Crippen LogP contribution in [0.15, 0.2) is 95.1 Å². The third kappa shape index (κ3) is 5.42. The van der Waals surface area contributed by atoms with Gasteiger partial charge in [0.1, 0.15) is 23.9 Å². The zero-order valence-corrected chi connectivity index (χ0v) is 22.2. The number of Topliss-reactive ketones (excluding diaryl/α,β-unsaturated/α-hetero) is 1. The average molecular weight is 540 g/mol. The number of hydrogen-bond donors (Lipinski definition) is 2. The quantitative estimate of drug-likeness (QED) is 0.155. The van der Waals surface area contributed by atoms with Crippen LogP contribution in [0, 0.1) is 6.92 Å². The largest absolute Gasteiger partial charge is 0.507 e. The number of nitrogens with zero attached hydrogens (tertiary/aromatic N) is 1. The number of hydrogen-bond acceptors (Lipinski definition) is 7. The number of furan rings is 1. The molecule has 1 atom stereocenters. The number of rotatable bonds is 9. The molecule has 1 fully saturated rings. The summed E-state index contributed by atoms with van der Waals surface area (Å²) in [4.78, 5) is 27.9. The van der Waals surface area contributed by atoms with Gasteiger partial charge in [-0.1, -0.05) is 35.9 Å². The summed E-state index contributed by atoms with van der Waals surface area (Å²) in [5, 5.41) is 21.6. The van der Waals surface area contributed by atoms with Crippen LogP contribution >= 0.6 is 0 Å². The summed E-state index contributed by atoms with van der Waals surface area (Å²) in [6.07, 6.45) is 1.48. The zero-order valence-electron chi connectivity index (χ0n) is 22.2. The second-order valence-corrected chi connectivity index (χ2v) is 9.47. The molecule has 2 N–H and O–H groups in total. The highest BCUT2D eigenvalue weighted by Gasteiger charge is 2.46. The molecular weight excluding hydrogens is 510 g/mol. The van der Waals surface area contributed by atoms with Crippen LogP contribution in [0.2, 0.25) is 0 Å². The summed E-state index contributed by atoms with van der Waals surface area (Å²) in [6, 6.07) is 21.7. The van der Waals surface area contributed by atoms with Crippen LogP contribution in [-0.4, -0.2) is 33.4 Å². The number of phenols is 1. The Labute approximate surface area is 231 Å². The number of aliphatic hydroxyl groups excluding tert-OH is 1. The van der Waals surface area contributed by atoms with E-state index in [1.165, 1.54) is 17.2 Å². The van der Waals surface area contributed by atoms with E-state index in [4.69, 9.17) is 13.9 Å². The maximum absolute atomic E-state index is 13.3. The monoisotopic (exact) mass is 539 g/mol. The number of phenolic OH excluding ortho intramolecular Hbond substituents is 1. The maximum Gasteiger partial charge on any atom is 0.296 e. The number of aromatic hydroxyl groups is 1. The molecule has 8 nitrogen and oxygen atoms in total. The van der Waals surface area contributed by atoms with Crippen LogP contribution < -0.4 is 9.47 Å². The van der Waals surface area contributed by atoms with Gasteiger partial charge >= 0.3 is 0 Å². The van der Waals surface area contributed by atoms with E-state index in [1.54, 1.807) is 55.5 Å². The summed E-state index contributed by atoms with van der Waals surface area (Å²) in [7, 11) is 0. The molecule has 3 aromatic carbocycles. The van der Waals surface area contributed by atoms with E-state index in [1.807, 2.05) is 31.2 Å². The number of carbonyl (C=O) groups is 2. The summed E-state index contributed by atoms with van der Waals surface area (Å²) in [5.41, 5.74) is 2.95. The van der Waals surface area contributed by atoms with Gasteiger partial charge in [-0.25, -0.2) is 0 Å². The second kappa shape index (κ2) is 11.4. The first-order valence-corrected chi connectivity index (χ1v) is 12.9. The third-order valence-electron chi connectivity index (χ3n) is 6.66. The molecule has 4 aromatic rings. The van der Waals surface area contributed by atoms with Gasteiger partial charge in [0.15, 0.2) is 11.5 Å². The molecule has 1 aliphatic rings. The van der Waals surface area contributed by atoms with Gasteiger partial charge in [0.25, 0.3) is 11.7 Å². The highest BCUT2D eigenvalue weighted by Crippen LogP contribution is 2.42. The smallest absolute Gasteiger partial charge is 0.296 e. The highest BCUT2D eigenvalue weighted by molar-refractivity contribution is 6.46. The predicted molar refractivity (Wildman–Crippen MR) is 148 cm³/mol. The van der Waals surface area contributed by atoms with Crippen LogP contribution in [0.25, 0.3) is 5.76 Å². The lowest BCUT2D eigenvalue weighted by molar-refractivity contribution is -0.140.